The van der Waals surface area contributed by atoms with Gasteiger partial charge >= 0.3 is 0 Å². The number of rotatable bonds is 5. The first-order valence-corrected chi connectivity index (χ1v) is 11.1. The molecule has 0 atom stereocenters. The number of hydrogen-bond donors (Lipinski definition) is 3. The summed E-state index contributed by atoms with van der Waals surface area (Å²) in [5.74, 6) is -0.544. The van der Waals surface area contributed by atoms with E-state index in [-0.39, 0.29) is 35.3 Å². The highest BCUT2D eigenvalue weighted by Gasteiger charge is 2.51. The van der Waals surface area contributed by atoms with E-state index in [1.165, 1.54) is 12.1 Å². The number of benzene rings is 2. The van der Waals surface area contributed by atoms with Gasteiger partial charge in [0.1, 0.15) is 6.54 Å². The predicted octanol–water partition coefficient (Wildman–Crippen LogP) is 4.11. The molecule has 0 bridgehead atoms. The molecule has 0 unspecified atom stereocenters. The molecule has 1 aliphatic carbocycles. The zero-order valence-corrected chi connectivity index (χ0v) is 19.8. The molecule has 4 rings (SSSR count). The van der Waals surface area contributed by atoms with Crippen molar-refractivity contribution in [3.05, 3.63) is 53.7 Å². The van der Waals surface area contributed by atoms with Gasteiger partial charge in [0.15, 0.2) is 11.5 Å². The maximum Gasteiger partial charge on any atom is 0.242 e. The number of phenols is 2. The van der Waals surface area contributed by atoms with Crippen molar-refractivity contribution in [2.24, 2.45) is 0 Å². The van der Waals surface area contributed by atoms with Gasteiger partial charge in [0.2, 0.25) is 11.8 Å². The fraction of sp³-hybridized carbons (Fsp3) is 0.385. The molecule has 33 heavy (non-hydrogen) atoms. The van der Waals surface area contributed by atoms with Gasteiger partial charge in [-0.3, -0.25) is 9.59 Å². The number of nitrogens with zero attached hydrogens (tertiary/aromatic N) is 2. The smallest absolute Gasteiger partial charge is 0.242 e. The molecule has 0 spiro atoms. The molecule has 1 fully saturated rings. The van der Waals surface area contributed by atoms with Crippen molar-refractivity contribution in [2.75, 3.05) is 19.4 Å². The van der Waals surface area contributed by atoms with Crippen molar-refractivity contribution in [3.8, 4) is 11.5 Å². The van der Waals surface area contributed by atoms with Crippen LogP contribution in [0.3, 0.4) is 0 Å². The van der Waals surface area contributed by atoms with E-state index in [0.717, 1.165) is 16.6 Å². The molecule has 1 saturated carbocycles. The number of fused-ring (bicyclic) bond motifs is 1. The molecule has 174 valence electrons. The Kier molecular flexibility index (Phi) is 5.39. The number of carbonyl (C=O) groups is 2. The van der Waals surface area contributed by atoms with Gasteiger partial charge in [0, 0.05) is 41.8 Å². The van der Waals surface area contributed by atoms with Crippen molar-refractivity contribution < 1.29 is 19.8 Å². The Bertz CT molecular complexity index is 1250. The van der Waals surface area contributed by atoms with Crippen molar-refractivity contribution in [2.45, 2.75) is 51.0 Å². The largest absolute Gasteiger partial charge is 0.504 e. The number of hydrogen-bond acceptors (Lipinski definition) is 4. The fourth-order valence-electron chi connectivity index (χ4n) is 4.26. The molecule has 7 nitrogen and oxygen atoms in total. The highest BCUT2D eigenvalue weighted by molar-refractivity contribution is 6.02. The van der Waals surface area contributed by atoms with Crippen LogP contribution in [0.25, 0.3) is 10.9 Å². The zero-order chi connectivity index (χ0) is 24.1. The van der Waals surface area contributed by atoms with Crippen molar-refractivity contribution in [3.63, 3.8) is 0 Å². The Morgan fingerprint density at radius 2 is 1.73 bits per heavy atom. The molecular formula is C26H31N3O4. The van der Waals surface area contributed by atoms with Gasteiger partial charge in [-0.2, -0.15) is 0 Å². The van der Waals surface area contributed by atoms with E-state index in [1.54, 1.807) is 25.1 Å². The van der Waals surface area contributed by atoms with E-state index < -0.39 is 5.41 Å². The minimum absolute atomic E-state index is 0.0169. The standard InChI is InChI=1S/C26H31N3O4/c1-25(2,3)22-13-16-12-18(7-8-19(16)29(22)15-23(32)28(4)5)27-24(33)26(10-11-26)17-6-9-20(30)21(31)14-17/h6-9,12-14,30-31H,10-11,15H2,1-5H3,(H,27,33). The number of nitrogens with one attached hydrogen (secondary N) is 1. The Morgan fingerprint density at radius 1 is 1.03 bits per heavy atom. The maximum absolute atomic E-state index is 13.2. The molecule has 2 aromatic carbocycles. The number of likely N-dealkylation sites (N-methyl/N-ethyl adjacent to an activating group) is 1. The lowest BCUT2D eigenvalue weighted by Gasteiger charge is -2.23. The average Bonchev–Trinajstić information content (AvgIpc) is 3.47. The van der Waals surface area contributed by atoms with Crippen LogP contribution >= 0.6 is 0 Å². The van der Waals surface area contributed by atoms with E-state index in [0.29, 0.717) is 24.1 Å². The SMILES string of the molecule is CN(C)C(=O)Cn1c(C(C)(C)C)cc2cc(NC(=O)C3(c4ccc(O)c(O)c4)CC3)ccc21. The summed E-state index contributed by atoms with van der Waals surface area (Å²) in [5, 5.41) is 23.4. The number of phenolic OH excluding ortho intramolecular Hbond substituents is 2. The van der Waals surface area contributed by atoms with Crippen LogP contribution in [0, 0.1) is 0 Å². The summed E-state index contributed by atoms with van der Waals surface area (Å²) in [4.78, 5) is 27.2. The van der Waals surface area contributed by atoms with Crippen LogP contribution in [0.1, 0.15) is 44.9 Å². The fourth-order valence-corrected chi connectivity index (χ4v) is 4.26. The summed E-state index contributed by atoms with van der Waals surface area (Å²) in [6, 6.07) is 12.4. The molecule has 7 heteroatoms. The first-order chi connectivity index (χ1) is 15.4. The van der Waals surface area contributed by atoms with E-state index in [4.69, 9.17) is 0 Å². The van der Waals surface area contributed by atoms with E-state index in [9.17, 15) is 19.8 Å². The molecule has 3 N–H and O–H groups in total. The number of aromatic hydroxyl groups is 2. The monoisotopic (exact) mass is 449 g/mol. The lowest BCUT2D eigenvalue weighted by atomic mass is 9.92. The Balaban J connectivity index is 1.65. The lowest BCUT2D eigenvalue weighted by molar-refractivity contribution is -0.129. The van der Waals surface area contributed by atoms with Gasteiger partial charge in [0.25, 0.3) is 0 Å². The molecule has 1 heterocycles. The lowest BCUT2D eigenvalue weighted by Crippen LogP contribution is -2.28. The molecule has 1 aromatic heterocycles. The zero-order valence-electron chi connectivity index (χ0n) is 19.8. The third-order valence-corrected chi connectivity index (χ3v) is 6.43. The van der Waals surface area contributed by atoms with Gasteiger partial charge in [0.05, 0.1) is 5.41 Å². The van der Waals surface area contributed by atoms with Crippen molar-refractivity contribution in [1.82, 2.24) is 9.47 Å². The van der Waals surface area contributed by atoms with Crippen LogP contribution in [-0.4, -0.2) is 45.6 Å². The summed E-state index contributed by atoms with van der Waals surface area (Å²) in [5.41, 5.74) is 2.51. The molecule has 0 saturated heterocycles. The highest BCUT2D eigenvalue weighted by atomic mass is 16.3. The van der Waals surface area contributed by atoms with Crippen LogP contribution in [0.2, 0.25) is 0 Å². The van der Waals surface area contributed by atoms with E-state index >= 15 is 0 Å². The second-order valence-corrected chi connectivity index (χ2v) is 10.2. The van der Waals surface area contributed by atoms with Gasteiger partial charge in [-0.1, -0.05) is 26.8 Å². The second-order valence-electron chi connectivity index (χ2n) is 10.2. The predicted molar refractivity (Wildman–Crippen MR) is 129 cm³/mol. The molecule has 2 amide bonds. The second kappa shape index (κ2) is 7.83. The third kappa shape index (κ3) is 4.15. The molecular weight excluding hydrogens is 418 g/mol. The average molecular weight is 450 g/mol. The third-order valence-electron chi connectivity index (χ3n) is 6.43. The van der Waals surface area contributed by atoms with E-state index in [1.807, 2.05) is 22.8 Å². The number of anilines is 1. The van der Waals surface area contributed by atoms with E-state index in [2.05, 4.69) is 32.2 Å². The van der Waals surface area contributed by atoms with Crippen LogP contribution in [0.4, 0.5) is 5.69 Å². The number of aromatic nitrogens is 1. The number of carbonyl (C=O) groups excluding carboxylic acids is 2. The Morgan fingerprint density at radius 3 is 2.30 bits per heavy atom. The minimum Gasteiger partial charge on any atom is -0.504 e. The summed E-state index contributed by atoms with van der Waals surface area (Å²) >= 11 is 0. The Hall–Kier alpha value is -3.48. The van der Waals surface area contributed by atoms with Gasteiger partial charge < -0.3 is 25.0 Å². The first kappa shape index (κ1) is 22.7. The first-order valence-electron chi connectivity index (χ1n) is 11.1. The molecule has 0 radical (unpaired) electrons. The topological polar surface area (TPSA) is 94.8 Å². The molecule has 1 aliphatic rings. The van der Waals surface area contributed by atoms with Crippen molar-refractivity contribution >= 4 is 28.4 Å². The quantitative estimate of drug-likeness (QED) is 0.511. The van der Waals surface area contributed by atoms with Crippen LogP contribution < -0.4 is 5.32 Å². The minimum atomic E-state index is -0.694. The van der Waals surface area contributed by atoms with Gasteiger partial charge in [-0.25, -0.2) is 0 Å². The summed E-state index contributed by atoms with van der Waals surface area (Å²) in [6.45, 7) is 6.60. The van der Waals surface area contributed by atoms with Gasteiger partial charge in [-0.05, 0) is 54.8 Å². The maximum atomic E-state index is 13.2. The summed E-state index contributed by atoms with van der Waals surface area (Å²) in [7, 11) is 3.50. The molecule has 0 aliphatic heterocycles. The van der Waals surface area contributed by atoms with Crippen molar-refractivity contribution in [1.29, 1.82) is 0 Å². The summed E-state index contributed by atoms with van der Waals surface area (Å²) < 4.78 is 2.05. The van der Waals surface area contributed by atoms with Crippen LogP contribution in [0.15, 0.2) is 42.5 Å². The Labute approximate surface area is 193 Å². The normalized spacial score (nSPS) is 14.8. The van der Waals surface area contributed by atoms with Crippen LogP contribution in [0.5, 0.6) is 11.5 Å². The number of amides is 2. The molecule has 3 aromatic rings. The van der Waals surface area contributed by atoms with Crippen LogP contribution in [-0.2, 0) is 27.0 Å². The summed E-state index contributed by atoms with van der Waals surface area (Å²) in [6.07, 6.45) is 1.37. The van der Waals surface area contributed by atoms with Gasteiger partial charge in [-0.15, -0.1) is 0 Å². The highest BCUT2D eigenvalue weighted by Crippen LogP contribution is 2.50.